The van der Waals surface area contributed by atoms with Gasteiger partial charge in [0.05, 0.1) is 36.6 Å². The molecular weight excluding hydrogens is 492 g/mol. The summed E-state index contributed by atoms with van der Waals surface area (Å²) in [6, 6.07) is 3.91. The number of morpholine rings is 1. The van der Waals surface area contributed by atoms with Gasteiger partial charge >= 0.3 is 0 Å². The molecule has 2 aliphatic rings. The monoisotopic (exact) mass is 526 g/mol. The standard InChI is InChI=1S/C26H34N6O4S/c1-15-13-31(14-16(2)36-15)10-6-12-35-20-8-7-19-21(22(20)34-5)29-26(32-11-9-27-24(19)32)30-25(33)23-17(3)28-18(4)37-23/h7-8,15-16,27H,6,9-14H2,1-5H3. The van der Waals surface area contributed by atoms with Crippen LogP contribution in [-0.2, 0) is 11.3 Å². The molecule has 1 fully saturated rings. The molecule has 0 saturated carbocycles. The average Bonchev–Trinajstić information content (AvgIpc) is 3.47. The first-order chi connectivity index (χ1) is 17.8. The first kappa shape index (κ1) is 25.6. The third kappa shape index (κ3) is 5.34. The van der Waals surface area contributed by atoms with Crippen LogP contribution in [0.4, 0.5) is 5.82 Å². The summed E-state index contributed by atoms with van der Waals surface area (Å²) in [5.41, 5.74) is 1.64. The highest BCUT2D eigenvalue weighted by Crippen LogP contribution is 2.37. The van der Waals surface area contributed by atoms with Crippen molar-refractivity contribution in [2.75, 3.05) is 45.2 Å². The average molecular weight is 527 g/mol. The van der Waals surface area contributed by atoms with Crippen molar-refractivity contribution >= 4 is 34.0 Å². The minimum atomic E-state index is -0.338. The van der Waals surface area contributed by atoms with Gasteiger partial charge in [-0.2, -0.15) is 4.99 Å². The molecule has 2 aliphatic heterocycles. The molecule has 1 N–H and O–H groups in total. The van der Waals surface area contributed by atoms with E-state index in [4.69, 9.17) is 19.2 Å². The van der Waals surface area contributed by atoms with E-state index >= 15 is 0 Å². The zero-order valence-electron chi connectivity index (χ0n) is 22.0. The number of amides is 1. The molecule has 0 aliphatic carbocycles. The van der Waals surface area contributed by atoms with E-state index in [1.54, 1.807) is 7.11 Å². The summed E-state index contributed by atoms with van der Waals surface area (Å²) >= 11 is 1.35. The number of fused-ring (bicyclic) bond motifs is 3. The Morgan fingerprint density at radius 2 is 2.03 bits per heavy atom. The number of nitrogens with zero attached hydrogens (tertiary/aromatic N) is 5. The summed E-state index contributed by atoms with van der Waals surface area (Å²) in [6.45, 7) is 12.7. The van der Waals surface area contributed by atoms with E-state index in [1.807, 2.05) is 30.5 Å². The number of aryl methyl sites for hydroxylation is 2. The van der Waals surface area contributed by atoms with Gasteiger partial charge in [-0.25, -0.2) is 9.97 Å². The van der Waals surface area contributed by atoms with Gasteiger partial charge in [0, 0.05) is 38.1 Å². The highest BCUT2D eigenvalue weighted by Gasteiger charge is 2.23. The molecule has 198 valence electrons. The van der Waals surface area contributed by atoms with E-state index in [0.29, 0.717) is 46.4 Å². The van der Waals surface area contributed by atoms with Gasteiger partial charge in [-0.05, 0) is 46.2 Å². The lowest BCUT2D eigenvalue weighted by Gasteiger charge is -2.35. The largest absolute Gasteiger partial charge is 0.491 e. The Labute approximate surface area is 220 Å². The smallest absolute Gasteiger partial charge is 0.292 e. The van der Waals surface area contributed by atoms with Crippen molar-refractivity contribution in [3.8, 4) is 11.5 Å². The first-order valence-electron chi connectivity index (χ1n) is 12.7. The molecule has 1 saturated heterocycles. The van der Waals surface area contributed by atoms with Crippen molar-refractivity contribution in [2.24, 2.45) is 4.99 Å². The highest BCUT2D eigenvalue weighted by atomic mass is 32.1. The number of ether oxygens (including phenoxy) is 3. The molecule has 10 nitrogen and oxygen atoms in total. The fraction of sp³-hybridized carbons (Fsp3) is 0.538. The maximum atomic E-state index is 13.0. The minimum Gasteiger partial charge on any atom is -0.491 e. The fourth-order valence-electron chi connectivity index (χ4n) is 5.15. The van der Waals surface area contributed by atoms with Gasteiger partial charge in [0.2, 0.25) is 5.62 Å². The number of hydrogen-bond acceptors (Lipinski definition) is 9. The second kappa shape index (κ2) is 10.8. The third-order valence-electron chi connectivity index (χ3n) is 6.58. The second-order valence-corrected chi connectivity index (χ2v) is 10.8. The van der Waals surface area contributed by atoms with Crippen molar-refractivity contribution in [3.05, 3.63) is 33.3 Å². The summed E-state index contributed by atoms with van der Waals surface area (Å²) in [4.78, 5) is 29.5. The Kier molecular flexibility index (Phi) is 7.45. The van der Waals surface area contributed by atoms with Crippen LogP contribution in [0.1, 0.15) is 40.6 Å². The van der Waals surface area contributed by atoms with Crippen LogP contribution in [0.2, 0.25) is 0 Å². The van der Waals surface area contributed by atoms with E-state index in [9.17, 15) is 4.79 Å². The molecule has 4 heterocycles. The normalized spacial score (nSPS) is 20.2. The quantitative estimate of drug-likeness (QED) is 0.469. The lowest BCUT2D eigenvalue weighted by molar-refractivity contribution is -0.0686. The summed E-state index contributed by atoms with van der Waals surface area (Å²) in [5.74, 6) is 1.70. The predicted molar refractivity (Wildman–Crippen MR) is 143 cm³/mol. The van der Waals surface area contributed by atoms with Gasteiger partial charge in [-0.3, -0.25) is 14.3 Å². The van der Waals surface area contributed by atoms with Gasteiger partial charge in [0.25, 0.3) is 5.91 Å². The molecule has 2 aromatic heterocycles. The maximum absolute atomic E-state index is 13.0. The zero-order valence-corrected chi connectivity index (χ0v) is 22.9. The summed E-state index contributed by atoms with van der Waals surface area (Å²) in [6.07, 6.45) is 1.39. The van der Waals surface area contributed by atoms with Crippen LogP contribution in [0.25, 0.3) is 10.9 Å². The van der Waals surface area contributed by atoms with Crippen LogP contribution in [0.3, 0.4) is 0 Å². The number of hydrogen-bond donors (Lipinski definition) is 1. The van der Waals surface area contributed by atoms with Crippen LogP contribution in [0.15, 0.2) is 17.1 Å². The number of nitrogens with one attached hydrogen (secondary N) is 1. The van der Waals surface area contributed by atoms with Crippen molar-refractivity contribution < 1.29 is 19.0 Å². The molecule has 0 bridgehead atoms. The summed E-state index contributed by atoms with van der Waals surface area (Å²) in [5, 5.41) is 5.14. The molecule has 3 aromatic rings. The van der Waals surface area contributed by atoms with Crippen molar-refractivity contribution in [3.63, 3.8) is 0 Å². The van der Waals surface area contributed by atoms with Crippen LogP contribution in [0, 0.1) is 13.8 Å². The number of carbonyl (C=O) groups is 1. The molecule has 2 atom stereocenters. The van der Waals surface area contributed by atoms with Crippen molar-refractivity contribution in [2.45, 2.75) is 52.9 Å². The second-order valence-electron chi connectivity index (χ2n) is 9.62. The number of methoxy groups -OCH3 is 1. The number of benzene rings is 1. The molecule has 5 rings (SSSR count). The molecule has 1 amide bonds. The van der Waals surface area contributed by atoms with E-state index in [2.05, 4.69) is 34.0 Å². The summed E-state index contributed by atoms with van der Waals surface area (Å²) in [7, 11) is 1.61. The van der Waals surface area contributed by atoms with Crippen LogP contribution in [-0.4, -0.2) is 77.4 Å². The van der Waals surface area contributed by atoms with E-state index in [-0.39, 0.29) is 18.1 Å². The molecule has 37 heavy (non-hydrogen) atoms. The number of carbonyl (C=O) groups excluding carboxylic acids is 1. The van der Waals surface area contributed by atoms with Gasteiger partial charge < -0.3 is 19.5 Å². The molecule has 11 heteroatoms. The fourth-order valence-corrected chi connectivity index (χ4v) is 5.96. The molecule has 0 radical (unpaired) electrons. The molecule has 1 aromatic carbocycles. The molecule has 2 unspecified atom stereocenters. The van der Waals surface area contributed by atoms with Gasteiger partial charge in [-0.15, -0.1) is 11.3 Å². The zero-order chi connectivity index (χ0) is 26.1. The van der Waals surface area contributed by atoms with Crippen LogP contribution in [0.5, 0.6) is 11.5 Å². The van der Waals surface area contributed by atoms with Crippen molar-refractivity contribution in [1.29, 1.82) is 0 Å². The Bertz CT molecular complexity index is 1370. The third-order valence-corrected chi connectivity index (χ3v) is 7.64. The Morgan fingerprint density at radius 1 is 1.24 bits per heavy atom. The number of thiazole rings is 1. The lowest BCUT2D eigenvalue weighted by atomic mass is 10.2. The topological polar surface area (TPSA) is 103 Å². The Morgan fingerprint density at radius 3 is 2.73 bits per heavy atom. The van der Waals surface area contributed by atoms with Gasteiger partial charge in [0.1, 0.15) is 16.2 Å². The molecule has 0 spiro atoms. The first-order valence-corrected chi connectivity index (χ1v) is 13.5. The highest BCUT2D eigenvalue weighted by molar-refractivity contribution is 7.13. The predicted octanol–water partition coefficient (Wildman–Crippen LogP) is 3.16. The number of anilines is 1. The van der Waals surface area contributed by atoms with Gasteiger partial charge in [-0.1, -0.05) is 0 Å². The SMILES string of the molecule is COc1c(OCCCN2CC(C)OC(C)C2)ccc2c3n(c(=NC(=O)c4sc(C)nc4C)nc12)CCN3. The molecular formula is C26H34N6O4S. The lowest BCUT2D eigenvalue weighted by Crippen LogP contribution is -2.45. The number of rotatable bonds is 7. The van der Waals surface area contributed by atoms with E-state index in [0.717, 1.165) is 48.8 Å². The minimum absolute atomic E-state index is 0.250. The Hall–Kier alpha value is -3.02. The van der Waals surface area contributed by atoms with E-state index in [1.165, 1.54) is 11.3 Å². The van der Waals surface area contributed by atoms with Crippen molar-refractivity contribution in [1.82, 2.24) is 19.4 Å². The van der Waals surface area contributed by atoms with Crippen LogP contribution < -0.4 is 20.4 Å². The summed E-state index contributed by atoms with van der Waals surface area (Å²) < 4.78 is 19.7. The van der Waals surface area contributed by atoms with E-state index < -0.39 is 0 Å². The van der Waals surface area contributed by atoms with Crippen LogP contribution >= 0.6 is 11.3 Å². The number of aromatic nitrogens is 3. The Balaban J connectivity index is 1.41. The van der Waals surface area contributed by atoms with Gasteiger partial charge in [0.15, 0.2) is 11.5 Å². The maximum Gasteiger partial charge on any atom is 0.292 e.